The Bertz CT molecular complexity index is 957. The summed E-state index contributed by atoms with van der Waals surface area (Å²) in [6.45, 7) is 0.302. The van der Waals surface area contributed by atoms with E-state index in [0.29, 0.717) is 23.1 Å². The first-order valence-electron chi connectivity index (χ1n) is 7.15. The number of halogens is 1. The van der Waals surface area contributed by atoms with Gasteiger partial charge >= 0.3 is 5.97 Å². The fourth-order valence-electron chi connectivity index (χ4n) is 2.41. The Morgan fingerprint density at radius 2 is 2.17 bits per heavy atom. The topological polar surface area (TPSA) is 75.3 Å². The van der Waals surface area contributed by atoms with E-state index in [-0.39, 0.29) is 17.3 Å². The van der Waals surface area contributed by atoms with Crippen LogP contribution in [-0.2, 0) is 11.3 Å². The molecule has 1 heterocycles. The van der Waals surface area contributed by atoms with Gasteiger partial charge in [0.1, 0.15) is 23.0 Å². The molecule has 120 valence electrons. The maximum absolute atomic E-state index is 13.2. The standard InChI is InChI=1S/C18H13FN2O3/c1-23-18(22)12-5-6-16-14(8-12)15(9-20)17(24-16)21-10-11-3-2-4-13(19)7-11/h2-8,21H,10H2,1H3. The van der Waals surface area contributed by atoms with E-state index >= 15 is 0 Å². The number of anilines is 1. The van der Waals surface area contributed by atoms with Crippen LogP contribution in [-0.4, -0.2) is 13.1 Å². The second-order valence-corrected chi connectivity index (χ2v) is 5.10. The Balaban J connectivity index is 1.93. The molecular formula is C18H13FN2O3. The summed E-state index contributed by atoms with van der Waals surface area (Å²) in [5.74, 6) is -0.544. The van der Waals surface area contributed by atoms with Gasteiger partial charge in [-0.15, -0.1) is 0 Å². The number of fused-ring (bicyclic) bond motifs is 1. The van der Waals surface area contributed by atoms with E-state index in [0.717, 1.165) is 5.56 Å². The summed E-state index contributed by atoms with van der Waals surface area (Å²) in [7, 11) is 1.29. The van der Waals surface area contributed by atoms with E-state index in [1.807, 2.05) is 0 Å². The second-order valence-electron chi connectivity index (χ2n) is 5.10. The lowest BCUT2D eigenvalue weighted by atomic mass is 10.1. The normalized spacial score (nSPS) is 10.4. The van der Waals surface area contributed by atoms with Crippen LogP contribution in [0.1, 0.15) is 21.5 Å². The molecule has 6 heteroatoms. The lowest BCUT2D eigenvalue weighted by Crippen LogP contribution is -2.00. The minimum Gasteiger partial charge on any atom is -0.465 e. The summed E-state index contributed by atoms with van der Waals surface area (Å²) in [6, 6.07) is 12.9. The summed E-state index contributed by atoms with van der Waals surface area (Å²) >= 11 is 0. The lowest BCUT2D eigenvalue weighted by Gasteiger charge is -2.03. The molecule has 0 fully saturated rings. The van der Waals surface area contributed by atoms with Crippen LogP contribution in [0.2, 0.25) is 0 Å². The highest BCUT2D eigenvalue weighted by Gasteiger charge is 2.16. The van der Waals surface area contributed by atoms with Crippen molar-refractivity contribution in [1.82, 2.24) is 0 Å². The summed E-state index contributed by atoms with van der Waals surface area (Å²) < 4.78 is 23.5. The minimum atomic E-state index is -0.490. The van der Waals surface area contributed by atoms with Gasteiger partial charge in [0.2, 0.25) is 5.88 Å². The van der Waals surface area contributed by atoms with Gasteiger partial charge in [-0.1, -0.05) is 12.1 Å². The fourth-order valence-corrected chi connectivity index (χ4v) is 2.41. The van der Waals surface area contributed by atoms with Crippen LogP contribution in [0, 0.1) is 17.1 Å². The molecule has 3 rings (SSSR count). The molecule has 0 bridgehead atoms. The van der Waals surface area contributed by atoms with Gasteiger partial charge in [-0.2, -0.15) is 5.26 Å². The van der Waals surface area contributed by atoms with Gasteiger partial charge in [0.15, 0.2) is 0 Å². The Kier molecular flexibility index (Phi) is 4.17. The zero-order valence-corrected chi connectivity index (χ0v) is 12.8. The first kappa shape index (κ1) is 15.6. The number of hydrogen-bond acceptors (Lipinski definition) is 5. The SMILES string of the molecule is COC(=O)c1ccc2oc(NCc3cccc(F)c3)c(C#N)c2c1. The molecule has 0 amide bonds. The van der Waals surface area contributed by atoms with Gasteiger partial charge in [0.05, 0.1) is 12.7 Å². The van der Waals surface area contributed by atoms with Crippen LogP contribution in [0.15, 0.2) is 46.9 Å². The van der Waals surface area contributed by atoms with Crippen LogP contribution in [0.3, 0.4) is 0 Å². The van der Waals surface area contributed by atoms with Gasteiger partial charge in [0.25, 0.3) is 0 Å². The molecule has 0 aliphatic rings. The van der Waals surface area contributed by atoms with Crippen LogP contribution in [0.25, 0.3) is 11.0 Å². The quantitative estimate of drug-likeness (QED) is 0.738. The molecule has 0 aliphatic heterocycles. The highest BCUT2D eigenvalue weighted by molar-refractivity contribution is 5.97. The first-order chi connectivity index (χ1) is 11.6. The lowest BCUT2D eigenvalue weighted by molar-refractivity contribution is 0.0601. The molecule has 24 heavy (non-hydrogen) atoms. The number of ether oxygens (including phenoxy) is 1. The van der Waals surface area contributed by atoms with Crippen LogP contribution in [0.4, 0.5) is 10.3 Å². The van der Waals surface area contributed by atoms with Crippen LogP contribution < -0.4 is 5.32 Å². The molecule has 5 nitrogen and oxygen atoms in total. The molecule has 0 saturated carbocycles. The number of benzene rings is 2. The molecule has 0 spiro atoms. The van der Waals surface area contributed by atoms with Gasteiger partial charge in [-0.25, -0.2) is 9.18 Å². The van der Waals surface area contributed by atoms with Gasteiger partial charge in [-0.3, -0.25) is 0 Å². The van der Waals surface area contributed by atoms with Crippen molar-refractivity contribution in [3.63, 3.8) is 0 Å². The first-order valence-corrected chi connectivity index (χ1v) is 7.15. The predicted molar refractivity (Wildman–Crippen MR) is 86.0 cm³/mol. The number of nitrogens with one attached hydrogen (secondary N) is 1. The fraction of sp³-hybridized carbons (Fsp3) is 0.111. The largest absolute Gasteiger partial charge is 0.465 e. The average Bonchev–Trinajstić information content (AvgIpc) is 2.95. The zero-order chi connectivity index (χ0) is 17.1. The summed E-state index contributed by atoms with van der Waals surface area (Å²) in [5, 5.41) is 12.9. The number of rotatable bonds is 4. The average molecular weight is 324 g/mol. The van der Waals surface area contributed by atoms with Crippen molar-refractivity contribution in [3.8, 4) is 6.07 Å². The van der Waals surface area contributed by atoms with Crippen molar-refractivity contribution in [2.24, 2.45) is 0 Å². The second kappa shape index (κ2) is 6.42. The number of nitrogens with zero attached hydrogens (tertiary/aromatic N) is 1. The van der Waals surface area contributed by atoms with Crippen molar-refractivity contribution in [1.29, 1.82) is 5.26 Å². The van der Waals surface area contributed by atoms with Crippen molar-refractivity contribution in [3.05, 3.63) is 65.0 Å². The number of nitriles is 1. The maximum Gasteiger partial charge on any atom is 0.337 e. The zero-order valence-electron chi connectivity index (χ0n) is 12.8. The number of methoxy groups -OCH3 is 1. The molecule has 0 unspecified atom stereocenters. The number of carbonyl (C=O) groups is 1. The summed E-state index contributed by atoms with van der Waals surface area (Å²) in [5.41, 5.74) is 1.81. The smallest absolute Gasteiger partial charge is 0.337 e. The molecule has 1 aromatic heterocycles. The van der Waals surface area contributed by atoms with E-state index in [1.54, 1.807) is 30.3 Å². The molecule has 0 saturated heterocycles. The summed E-state index contributed by atoms with van der Waals surface area (Å²) in [4.78, 5) is 11.6. The Morgan fingerprint density at radius 3 is 2.88 bits per heavy atom. The van der Waals surface area contributed by atoms with Crippen molar-refractivity contribution < 1.29 is 18.3 Å². The highest BCUT2D eigenvalue weighted by atomic mass is 19.1. The van der Waals surface area contributed by atoms with E-state index in [2.05, 4.69) is 16.1 Å². The summed E-state index contributed by atoms with van der Waals surface area (Å²) in [6.07, 6.45) is 0. The monoisotopic (exact) mass is 324 g/mol. The van der Waals surface area contributed by atoms with E-state index in [4.69, 9.17) is 4.42 Å². The predicted octanol–water partition coefficient (Wildman–Crippen LogP) is 3.84. The Labute approximate surface area is 137 Å². The number of hydrogen-bond donors (Lipinski definition) is 1. The Morgan fingerprint density at radius 1 is 1.33 bits per heavy atom. The van der Waals surface area contributed by atoms with Crippen molar-refractivity contribution in [2.75, 3.05) is 12.4 Å². The molecule has 0 radical (unpaired) electrons. The van der Waals surface area contributed by atoms with Crippen LogP contribution in [0.5, 0.6) is 0 Å². The number of carbonyl (C=O) groups excluding carboxylic acids is 1. The molecule has 2 aromatic carbocycles. The third-order valence-corrected chi connectivity index (χ3v) is 3.56. The van der Waals surface area contributed by atoms with Crippen molar-refractivity contribution >= 4 is 22.8 Å². The van der Waals surface area contributed by atoms with E-state index in [1.165, 1.54) is 19.2 Å². The molecule has 3 aromatic rings. The van der Waals surface area contributed by atoms with Crippen LogP contribution >= 0.6 is 0 Å². The van der Waals surface area contributed by atoms with E-state index in [9.17, 15) is 14.4 Å². The minimum absolute atomic E-state index is 0.277. The molecule has 1 N–H and O–H groups in total. The van der Waals surface area contributed by atoms with Gasteiger partial charge in [-0.05, 0) is 35.9 Å². The number of esters is 1. The number of furan rings is 1. The molecule has 0 aliphatic carbocycles. The van der Waals surface area contributed by atoms with E-state index < -0.39 is 5.97 Å². The molecular weight excluding hydrogens is 311 g/mol. The third-order valence-electron chi connectivity index (χ3n) is 3.56. The molecule has 0 atom stereocenters. The Hall–Kier alpha value is -3.33. The van der Waals surface area contributed by atoms with Gasteiger partial charge in [0, 0.05) is 11.9 Å². The third kappa shape index (κ3) is 2.92. The maximum atomic E-state index is 13.2. The van der Waals surface area contributed by atoms with Gasteiger partial charge < -0.3 is 14.5 Å². The highest BCUT2D eigenvalue weighted by Crippen LogP contribution is 2.30. The van der Waals surface area contributed by atoms with Crippen molar-refractivity contribution in [2.45, 2.75) is 6.54 Å².